The molecule has 0 bridgehead atoms. The Morgan fingerprint density at radius 3 is 2.17 bits per heavy atom. The Morgan fingerprint density at radius 1 is 1.25 bits per heavy atom. The molecule has 0 heterocycles. The summed E-state index contributed by atoms with van der Waals surface area (Å²) in [6.07, 6.45) is 0. The fraction of sp³-hybridized carbons (Fsp3) is 0.143. The predicted octanol–water partition coefficient (Wildman–Crippen LogP) is 1.91. The van der Waals surface area contributed by atoms with Gasteiger partial charge in [-0.2, -0.15) is 0 Å². The summed E-state index contributed by atoms with van der Waals surface area (Å²) in [4.78, 5) is 0. The van der Waals surface area contributed by atoms with Crippen molar-refractivity contribution in [1.82, 2.24) is 0 Å². The van der Waals surface area contributed by atoms with Gasteiger partial charge in [0.2, 0.25) is 0 Å². The molecule has 0 atom stereocenters. The number of hydrogen-bond acceptors (Lipinski definition) is 0. The Kier molecular flexibility index (Phi) is 4.45. The van der Waals surface area contributed by atoms with Gasteiger partial charge in [-0.1, -0.05) is 0 Å². The van der Waals surface area contributed by atoms with Crippen LogP contribution >= 0.6 is 23.2 Å². The van der Waals surface area contributed by atoms with Crippen LogP contribution in [0.1, 0.15) is 0 Å². The third-order valence-corrected chi connectivity index (χ3v) is 11.0. The van der Waals surface area contributed by atoms with Crippen LogP contribution in [0.4, 0.5) is 4.39 Å². The molecule has 0 saturated carbocycles. The molecular weight excluding hydrogens is 293 g/mol. The molecule has 0 N–H and O–H groups in total. The Bertz CT molecular complexity index is 286. The third kappa shape index (κ3) is 2.95. The van der Waals surface area contributed by atoms with Crippen LogP contribution in [0.25, 0.3) is 0 Å². The van der Waals surface area contributed by atoms with E-state index in [9.17, 15) is 4.39 Å². The number of rotatable bonds is 2. The van der Waals surface area contributed by atoms with Crippen molar-refractivity contribution in [3.8, 4) is 0 Å². The van der Waals surface area contributed by atoms with Gasteiger partial charge in [0.25, 0.3) is 0 Å². The third-order valence-electron chi connectivity index (χ3n) is 1.37. The SMILES string of the molecule is Fc1ccc([Si](=[Zr+2])C(Cl)Cl)cc1. The molecule has 5 heteroatoms. The Hall–Kier alpha value is 0.830. The molecule has 0 unspecified atom stereocenters. The summed E-state index contributed by atoms with van der Waals surface area (Å²) < 4.78 is 12.2. The minimum atomic E-state index is -0.847. The molecule has 0 nitrogen and oxygen atoms in total. The second-order valence-electron chi connectivity index (χ2n) is 2.22. The standard InChI is InChI=1S/C7H5Cl2FSi.Zr/c8-7(9)11-6-3-1-5(10)2-4-6;/h1-4,7H;/q;+2. The maximum absolute atomic E-state index is 12.5. The number of hydrogen-bond donors (Lipinski definition) is 0. The van der Waals surface area contributed by atoms with Gasteiger partial charge in [-0.15, -0.1) is 0 Å². The Morgan fingerprint density at radius 2 is 1.75 bits per heavy atom. The van der Waals surface area contributed by atoms with Crippen LogP contribution in [0, 0.1) is 5.82 Å². The zero-order valence-electron chi connectivity index (χ0n) is 6.02. The van der Waals surface area contributed by atoms with Crippen LogP contribution in [0.3, 0.4) is 0 Å². The van der Waals surface area contributed by atoms with Gasteiger partial charge < -0.3 is 0 Å². The van der Waals surface area contributed by atoms with Gasteiger partial charge in [0.1, 0.15) is 0 Å². The molecule has 60 valence electrons. The summed E-state index contributed by atoms with van der Waals surface area (Å²) in [7, 11) is 0. The van der Waals surface area contributed by atoms with Crippen molar-refractivity contribution in [1.29, 1.82) is 0 Å². The maximum atomic E-state index is 12.5. The van der Waals surface area contributed by atoms with E-state index in [-0.39, 0.29) is 10.3 Å². The predicted molar refractivity (Wildman–Crippen MR) is 47.3 cm³/mol. The van der Waals surface area contributed by atoms with Crippen LogP contribution in [0.15, 0.2) is 24.3 Å². The van der Waals surface area contributed by atoms with Crippen molar-refractivity contribution in [2.24, 2.45) is 0 Å². The van der Waals surface area contributed by atoms with E-state index in [1.165, 1.54) is 35.5 Å². The summed E-state index contributed by atoms with van der Waals surface area (Å²) in [5.74, 6) is -0.218. The summed E-state index contributed by atoms with van der Waals surface area (Å²) in [5.41, 5.74) is -0.847. The van der Waals surface area contributed by atoms with E-state index >= 15 is 0 Å². The molecule has 1 rings (SSSR count). The molecule has 0 fully saturated rings. The molecule has 0 aliphatic rings. The van der Waals surface area contributed by atoms with Crippen molar-refractivity contribution < 1.29 is 27.7 Å². The van der Waals surface area contributed by atoms with Crippen molar-refractivity contribution >= 4 is 33.8 Å². The van der Waals surface area contributed by atoms with E-state index < -0.39 is 5.43 Å². The average Bonchev–Trinajstić information content (AvgIpc) is 2.04. The first-order valence-corrected chi connectivity index (χ1v) is 9.37. The second kappa shape index (κ2) is 4.90. The molecule has 0 saturated heterocycles. The monoisotopic (exact) mass is 296 g/mol. The zero-order valence-corrected chi connectivity index (χ0v) is 11.0. The van der Waals surface area contributed by atoms with Gasteiger partial charge in [0.05, 0.1) is 0 Å². The fourth-order valence-corrected chi connectivity index (χ4v) is 3.52. The normalized spacial score (nSPS) is 10.5. The van der Waals surface area contributed by atoms with E-state index in [1.54, 1.807) is 12.1 Å². The summed E-state index contributed by atoms with van der Waals surface area (Å²) >= 11 is 12.8. The van der Waals surface area contributed by atoms with E-state index in [0.29, 0.717) is 0 Å². The van der Waals surface area contributed by atoms with Gasteiger partial charge in [0.15, 0.2) is 0 Å². The van der Waals surface area contributed by atoms with E-state index in [0.717, 1.165) is 5.19 Å². The van der Waals surface area contributed by atoms with Crippen LogP contribution in [0.2, 0.25) is 0 Å². The van der Waals surface area contributed by atoms with Crippen molar-refractivity contribution in [3.05, 3.63) is 30.1 Å². The second-order valence-corrected chi connectivity index (χ2v) is 10.0. The Balaban J connectivity index is 2.90. The van der Waals surface area contributed by atoms with Crippen molar-refractivity contribution in [2.45, 2.75) is 4.46 Å². The molecule has 0 radical (unpaired) electrons. The number of halogens is 3. The van der Waals surface area contributed by atoms with E-state index in [1.807, 2.05) is 0 Å². The quantitative estimate of drug-likeness (QED) is 0.578. The molecule has 0 spiro atoms. The van der Waals surface area contributed by atoms with Gasteiger partial charge in [0, 0.05) is 0 Å². The minimum absolute atomic E-state index is 0.218. The molecule has 0 aromatic heterocycles. The van der Waals surface area contributed by atoms with Gasteiger partial charge in [-0.25, -0.2) is 0 Å². The van der Waals surface area contributed by atoms with Crippen LogP contribution in [-0.4, -0.2) is 9.89 Å². The first kappa shape index (κ1) is 10.9. The molecule has 0 aliphatic heterocycles. The average molecular weight is 298 g/mol. The molecule has 0 amide bonds. The fourth-order valence-electron chi connectivity index (χ4n) is 0.755. The van der Waals surface area contributed by atoms with Gasteiger partial charge in [-0.05, 0) is 0 Å². The molecule has 0 aliphatic carbocycles. The van der Waals surface area contributed by atoms with Gasteiger partial charge in [-0.3, -0.25) is 0 Å². The summed E-state index contributed by atoms with van der Waals surface area (Å²) in [6, 6.07) is 6.41. The van der Waals surface area contributed by atoms with Crippen LogP contribution in [-0.2, 0) is 23.3 Å². The summed E-state index contributed by atoms with van der Waals surface area (Å²) in [5, 5.41) is 1.09. The molecule has 1 aromatic carbocycles. The number of alkyl halides is 2. The molecular formula is C7H5Cl2FSiZr+2. The molecule has 12 heavy (non-hydrogen) atoms. The van der Waals surface area contributed by atoms with E-state index in [2.05, 4.69) is 0 Å². The summed E-state index contributed by atoms with van der Waals surface area (Å²) in [6.45, 7) is 0. The van der Waals surface area contributed by atoms with E-state index in [4.69, 9.17) is 23.2 Å². The van der Waals surface area contributed by atoms with Crippen LogP contribution < -0.4 is 5.19 Å². The Labute approximate surface area is 95.4 Å². The first-order valence-electron chi connectivity index (χ1n) is 3.24. The van der Waals surface area contributed by atoms with Crippen LogP contribution in [0.5, 0.6) is 0 Å². The number of benzene rings is 1. The van der Waals surface area contributed by atoms with Crippen molar-refractivity contribution in [3.63, 3.8) is 0 Å². The zero-order chi connectivity index (χ0) is 9.14. The molecule has 1 aromatic rings. The van der Waals surface area contributed by atoms with Gasteiger partial charge >= 0.3 is 96.1 Å². The van der Waals surface area contributed by atoms with Crippen molar-refractivity contribution in [2.75, 3.05) is 0 Å². The first-order chi connectivity index (χ1) is 5.61. The topological polar surface area (TPSA) is 0 Å².